The first kappa shape index (κ1) is 25.0. The number of ether oxygens (including phenoxy) is 2. The lowest BCUT2D eigenvalue weighted by molar-refractivity contribution is -0.138. The van der Waals surface area contributed by atoms with Crippen LogP contribution in [0.1, 0.15) is 37.2 Å². The van der Waals surface area contributed by atoms with Gasteiger partial charge < -0.3 is 29.9 Å². The molecule has 0 fully saturated rings. The van der Waals surface area contributed by atoms with E-state index in [1.165, 1.54) is 0 Å². The van der Waals surface area contributed by atoms with Gasteiger partial charge in [-0.1, -0.05) is 24.3 Å². The third-order valence-corrected chi connectivity index (χ3v) is 6.14. The molecule has 33 heavy (non-hydrogen) atoms. The van der Waals surface area contributed by atoms with Crippen molar-refractivity contribution in [2.24, 2.45) is 0 Å². The van der Waals surface area contributed by atoms with Gasteiger partial charge in [-0.05, 0) is 31.4 Å². The molecule has 180 valence electrons. The molecule has 1 aliphatic heterocycles. The van der Waals surface area contributed by atoms with Gasteiger partial charge in [-0.3, -0.25) is 9.59 Å². The molecule has 0 saturated heterocycles. The summed E-state index contributed by atoms with van der Waals surface area (Å²) < 4.78 is 11.3. The number of carbonyl (C=O) groups is 2. The SMILES string of the molecule is C=CCCCCC(=O)N(CCOC)C1C=C(C(=O)NCCO)C2c3ccccc3OC2C1O. The molecule has 0 saturated carbocycles. The van der Waals surface area contributed by atoms with Crippen LogP contribution < -0.4 is 10.1 Å². The fourth-order valence-electron chi connectivity index (χ4n) is 4.53. The number of carbonyl (C=O) groups excluding carboxylic acids is 2. The zero-order valence-corrected chi connectivity index (χ0v) is 19.1. The highest BCUT2D eigenvalue weighted by Gasteiger charge is 2.50. The minimum absolute atomic E-state index is 0.110. The molecule has 2 amide bonds. The van der Waals surface area contributed by atoms with E-state index < -0.39 is 24.2 Å². The van der Waals surface area contributed by atoms with Crippen molar-refractivity contribution in [2.75, 3.05) is 33.4 Å². The van der Waals surface area contributed by atoms with Crippen LogP contribution in [0.25, 0.3) is 0 Å². The zero-order valence-electron chi connectivity index (χ0n) is 19.1. The van der Waals surface area contributed by atoms with Gasteiger partial charge >= 0.3 is 0 Å². The fourth-order valence-corrected chi connectivity index (χ4v) is 4.53. The van der Waals surface area contributed by atoms with Gasteiger partial charge in [0, 0.05) is 37.8 Å². The lowest BCUT2D eigenvalue weighted by atomic mass is 9.77. The number of nitrogens with one attached hydrogen (secondary N) is 1. The molecule has 0 spiro atoms. The summed E-state index contributed by atoms with van der Waals surface area (Å²) in [5.74, 6) is -0.299. The first-order chi connectivity index (χ1) is 16.0. The largest absolute Gasteiger partial charge is 0.486 e. The second-order valence-electron chi connectivity index (χ2n) is 8.30. The lowest BCUT2D eigenvalue weighted by Gasteiger charge is -2.40. The van der Waals surface area contributed by atoms with Gasteiger partial charge in [-0.15, -0.1) is 6.58 Å². The van der Waals surface area contributed by atoms with Crippen molar-refractivity contribution in [3.8, 4) is 5.75 Å². The molecule has 1 aromatic rings. The van der Waals surface area contributed by atoms with E-state index >= 15 is 0 Å². The lowest BCUT2D eigenvalue weighted by Crippen LogP contribution is -2.56. The van der Waals surface area contributed by atoms with Crippen molar-refractivity contribution in [3.63, 3.8) is 0 Å². The maximum Gasteiger partial charge on any atom is 0.247 e. The molecule has 0 bridgehead atoms. The Labute approximate surface area is 194 Å². The Balaban J connectivity index is 1.93. The quantitative estimate of drug-likeness (QED) is 0.324. The normalized spacial score (nSPS) is 23.1. The highest BCUT2D eigenvalue weighted by Crippen LogP contribution is 2.47. The highest BCUT2D eigenvalue weighted by atomic mass is 16.5. The molecule has 3 rings (SSSR count). The molecule has 0 aromatic heterocycles. The number of allylic oxidation sites excluding steroid dienone is 1. The smallest absolute Gasteiger partial charge is 0.247 e. The third kappa shape index (κ3) is 5.63. The van der Waals surface area contributed by atoms with Gasteiger partial charge in [0.15, 0.2) is 0 Å². The summed E-state index contributed by atoms with van der Waals surface area (Å²) in [6.45, 7) is 4.22. The molecule has 3 N–H and O–H groups in total. The Morgan fingerprint density at radius 1 is 1.30 bits per heavy atom. The molecular weight excluding hydrogens is 424 g/mol. The molecule has 4 unspecified atom stereocenters. The van der Waals surface area contributed by atoms with E-state index in [0.29, 0.717) is 30.8 Å². The highest BCUT2D eigenvalue weighted by molar-refractivity contribution is 5.96. The van der Waals surface area contributed by atoms with Crippen LogP contribution in [0.3, 0.4) is 0 Å². The van der Waals surface area contributed by atoms with Crippen LogP contribution in [0, 0.1) is 0 Å². The number of aliphatic hydroxyl groups excluding tert-OH is 2. The molecule has 1 aromatic carbocycles. The number of para-hydroxylation sites is 1. The van der Waals surface area contributed by atoms with Crippen LogP contribution in [-0.4, -0.2) is 78.6 Å². The Morgan fingerprint density at radius 3 is 2.82 bits per heavy atom. The maximum atomic E-state index is 13.1. The summed E-state index contributed by atoms with van der Waals surface area (Å²) in [5.41, 5.74) is 1.25. The fraction of sp³-hybridized carbons (Fsp3) is 0.520. The number of unbranched alkanes of at least 4 members (excludes halogenated alkanes) is 2. The van der Waals surface area contributed by atoms with E-state index in [1.54, 1.807) is 18.1 Å². The van der Waals surface area contributed by atoms with Crippen molar-refractivity contribution < 1.29 is 29.3 Å². The number of fused-ring (bicyclic) bond motifs is 3. The first-order valence-electron chi connectivity index (χ1n) is 11.5. The number of amides is 2. The van der Waals surface area contributed by atoms with Crippen LogP contribution in [0.15, 0.2) is 48.6 Å². The second-order valence-corrected chi connectivity index (χ2v) is 8.30. The topological polar surface area (TPSA) is 108 Å². The van der Waals surface area contributed by atoms with Gasteiger partial charge in [0.1, 0.15) is 18.0 Å². The van der Waals surface area contributed by atoms with Crippen LogP contribution in [0.4, 0.5) is 0 Å². The maximum absolute atomic E-state index is 13.1. The second kappa shape index (κ2) is 12.0. The number of nitrogens with zero attached hydrogens (tertiary/aromatic N) is 1. The summed E-state index contributed by atoms with van der Waals surface area (Å²) in [5, 5.41) is 23.2. The summed E-state index contributed by atoms with van der Waals surface area (Å²) >= 11 is 0. The van der Waals surface area contributed by atoms with E-state index in [9.17, 15) is 14.7 Å². The van der Waals surface area contributed by atoms with Crippen LogP contribution >= 0.6 is 0 Å². The predicted molar refractivity (Wildman–Crippen MR) is 124 cm³/mol. The average Bonchev–Trinajstić information content (AvgIpc) is 3.22. The molecule has 0 radical (unpaired) electrons. The van der Waals surface area contributed by atoms with E-state index in [0.717, 1.165) is 18.4 Å². The molecule has 4 atom stereocenters. The Morgan fingerprint density at radius 2 is 2.09 bits per heavy atom. The zero-order chi connectivity index (χ0) is 23.8. The predicted octanol–water partition coefficient (Wildman–Crippen LogP) is 1.53. The van der Waals surface area contributed by atoms with Gasteiger partial charge in [0.05, 0.1) is 25.2 Å². The third-order valence-electron chi connectivity index (χ3n) is 6.14. The summed E-state index contributed by atoms with van der Waals surface area (Å²) in [6.07, 6.45) is 4.51. The van der Waals surface area contributed by atoms with Gasteiger partial charge in [0.2, 0.25) is 11.8 Å². The number of methoxy groups -OCH3 is 1. The Kier molecular flexibility index (Phi) is 9.05. The number of aliphatic hydroxyl groups is 2. The summed E-state index contributed by atoms with van der Waals surface area (Å²) in [7, 11) is 1.56. The van der Waals surface area contributed by atoms with Crippen LogP contribution in [0.5, 0.6) is 5.75 Å². The van der Waals surface area contributed by atoms with E-state index in [-0.39, 0.29) is 31.5 Å². The van der Waals surface area contributed by atoms with E-state index in [1.807, 2.05) is 30.3 Å². The summed E-state index contributed by atoms with van der Waals surface area (Å²) in [4.78, 5) is 27.8. The summed E-state index contributed by atoms with van der Waals surface area (Å²) in [6, 6.07) is 6.66. The minimum Gasteiger partial charge on any atom is -0.486 e. The molecule has 2 aliphatic rings. The molecule has 8 nitrogen and oxygen atoms in total. The average molecular weight is 459 g/mol. The van der Waals surface area contributed by atoms with Gasteiger partial charge in [-0.2, -0.15) is 0 Å². The van der Waals surface area contributed by atoms with E-state index in [2.05, 4.69) is 11.9 Å². The molecule has 1 aliphatic carbocycles. The standard InChI is InChI=1S/C25H34N2O6/c1-3-4-5-6-11-21(29)27(13-15-32-2)19-16-18(25(31)26-12-14-28)22-17-9-7-8-10-20(17)33-24(22)23(19)30/h3,7-10,16,19,22-24,28,30H,1,4-6,11-15H2,2H3,(H,26,31). The van der Waals surface area contributed by atoms with Crippen molar-refractivity contribution in [1.82, 2.24) is 10.2 Å². The number of rotatable bonds is 12. The van der Waals surface area contributed by atoms with Gasteiger partial charge in [-0.25, -0.2) is 0 Å². The molecule has 1 heterocycles. The van der Waals surface area contributed by atoms with E-state index in [4.69, 9.17) is 14.6 Å². The number of benzene rings is 1. The number of hydrogen-bond acceptors (Lipinski definition) is 6. The van der Waals surface area contributed by atoms with Crippen LogP contribution in [-0.2, 0) is 14.3 Å². The Hall–Kier alpha value is -2.68. The van der Waals surface area contributed by atoms with Crippen molar-refractivity contribution >= 4 is 11.8 Å². The number of hydrogen-bond donors (Lipinski definition) is 3. The minimum atomic E-state index is -1.02. The first-order valence-corrected chi connectivity index (χ1v) is 11.5. The van der Waals surface area contributed by atoms with Crippen LogP contribution in [0.2, 0.25) is 0 Å². The molecule has 8 heteroatoms. The van der Waals surface area contributed by atoms with Crippen molar-refractivity contribution in [3.05, 3.63) is 54.1 Å². The Bertz CT molecular complexity index is 870. The monoisotopic (exact) mass is 458 g/mol. The van der Waals surface area contributed by atoms with Crippen molar-refractivity contribution in [2.45, 2.75) is 49.9 Å². The van der Waals surface area contributed by atoms with Gasteiger partial charge in [0.25, 0.3) is 0 Å². The van der Waals surface area contributed by atoms with Crippen molar-refractivity contribution in [1.29, 1.82) is 0 Å². The molecular formula is C25H34N2O6.